The van der Waals surface area contributed by atoms with Crippen LogP contribution < -0.4 is 5.32 Å². The largest absolute Gasteiger partial charge is 0.477 e. The number of ether oxygens (including phenoxy) is 1. The fourth-order valence-corrected chi connectivity index (χ4v) is 3.10. The van der Waals surface area contributed by atoms with Crippen molar-refractivity contribution >= 4 is 23.1 Å². The predicted molar refractivity (Wildman–Crippen MR) is 106 cm³/mol. The maximum absolute atomic E-state index is 13.2. The zero-order valence-electron chi connectivity index (χ0n) is 16.7. The van der Waals surface area contributed by atoms with E-state index in [0.717, 1.165) is 12.1 Å². The number of anilines is 1. The topological polar surface area (TPSA) is 58.6 Å². The Morgan fingerprint density at radius 1 is 1.07 bits per heavy atom. The van der Waals surface area contributed by atoms with Crippen molar-refractivity contribution < 1.29 is 27.5 Å². The Kier molecular flexibility index (Phi) is 5.61. The van der Waals surface area contributed by atoms with E-state index in [1.165, 1.54) is 30.9 Å². The van der Waals surface area contributed by atoms with Crippen molar-refractivity contribution in [2.24, 2.45) is 0 Å². The number of halogens is 3. The van der Waals surface area contributed by atoms with Gasteiger partial charge in [0, 0.05) is 5.69 Å². The molecule has 158 valence electrons. The van der Waals surface area contributed by atoms with Gasteiger partial charge < -0.3 is 10.1 Å². The van der Waals surface area contributed by atoms with E-state index in [1.807, 2.05) is 6.07 Å². The Labute approximate surface area is 172 Å². The van der Waals surface area contributed by atoms with E-state index in [9.17, 15) is 22.8 Å². The first-order valence-corrected chi connectivity index (χ1v) is 9.21. The molecule has 30 heavy (non-hydrogen) atoms. The lowest BCUT2D eigenvalue weighted by molar-refractivity contribution is -0.147. The van der Waals surface area contributed by atoms with Gasteiger partial charge in [-0.05, 0) is 44.5 Å². The summed E-state index contributed by atoms with van der Waals surface area (Å²) in [6.07, 6.45) is -4.53. The van der Waals surface area contributed by atoms with E-state index in [-0.39, 0.29) is 12.4 Å². The third-order valence-corrected chi connectivity index (χ3v) is 4.96. The van der Waals surface area contributed by atoms with Crippen LogP contribution in [-0.2, 0) is 20.5 Å². The number of rotatable bonds is 4. The van der Waals surface area contributed by atoms with Gasteiger partial charge in [0.1, 0.15) is 11.3 Å². The second kappa shape index (κ2) is 7.85. The smallest absolute Gasteiger partial charge is 0.416 e. The van der Waals surface area contributed by atoms with E-state index >= 15 is 0 Å². The molecule has 2 amide bonds. The van der Waals surface area contributed by atoms with E-state index < -0.39 is 29.1 Å². The lowest BCUT2D eigenvalue weighted by Crippen LogP contribution is -2.57. The number of nitrogens with one attached hydrogen (secondary N) is 1. The highest BCUT2D eigenvalue weighted by Gasteiger charge is 2.42. The zero-order chi connectivity index (χ0) is 22.1. The first-order valence-electron chi connectivity index (χ1n) is 9.21. The molecule has 0 atom stereocenters. The van der Waals surface area contributed by atoms with Gasteiger partial charge in [0.2, 0.25) is 5.91 Å². The van der Waals surface area contributed by atoms with Crippen LogP contribution in [0.5, 0.6) is 0 Å². The van der Waals surface area contributed by atoms with Gasteiger partial charge in [-0.3, -0.25) is 14.5 Å². The number of benzene rings is 2. The Hall–Kier alpha value is -3.29. The fourth-order valence-electron chi connectivity index (χ4n) is 3.10. The Morgan fingerprint density at radius 2 is 1.73 bits per heavy atom. The first-order chi connectivity index (χ1) is 14.0. The average Bonchev–Trinajstić information content (AvgIpc) is 2.68. The lowest BCUT2D eigenvalue weighted by atomic mass is 9.96. The van der Waals surface area contributed by atoms with Gasteiger partial charge in [0.15, 0.2) is 6.73 Å². The Balaban J connectivity index is 1.85. The van der Waals surface area contributed by atoms with Crippen LogP contribution in [0, 0.1) is 0 Å². The molecule has 2 aromatic rings. The van der Waals surface area contributed by atoms with Crippen LogP contribution in [-0.4, -0.2) is 29.0 Å². The second-order valence-electron chi connectivity index (χ2n) is 7.40. The first kappa shape index (κ1) is 21.4. The summed E-state index contributed by atoms with van der Waals surface area (Å²) in [6, 6.07) is 13.2. The van der Waals surface area contributed by atoms with Crippen LogP contribution in [0.3, 0.4) is 0 Å². The summed E-state index contributed by atoms with van der Waals surface area (Å²) in [5.74, 6) is -0.587. The van der Waals surface area contributed by atoms with Crippen molar-refractivity contribution in [1.29, 1.82) is 0 Å². The van der Waals surface area contributed by atoms with Gasteiger partial charge in [-0.1, -0.05) is 36.4 Å². The molecule has 8 heteroatoms. The van der Waals surface area contributed by atoms with Crippen molar-refractivity contribution in [2.75, 3.05) is 12.0 Å². The molecule has 2 aromatic carbocycles. The summed E-state index contributed by atoms with van der Waals surface area (Å²) in [6.45, 7) is 4.55. The maximum atomic E-state index is 13.2. The number of alkyl halides is 3. The number of carbonyl (C=O) groups is 2. The van der Waals surface area contributed by atoms with Gasteiger partial charge in [-0.25, -0.2) is 0 Å². The molecular formula is C22H21F3N2O3. The molecule has 1 aliphatic heterocycles. The highest BCUT2D eigenvalue weighted by Crippen LogP contribution is 2.33. The van der Waals surface area contributed by atoms with Gasteiger partial charge in [-0.2, -0.15) is 13.2 Å². The van der Waals surface area contributed by atoms with E-state index in [2.05, 4.69) is 5.32 Å². The van der Waals surface area contributed by atoms with Crippen molar-refractivity contribution in [3.63, 3.8) is 0 Å². The van der Waals surface area contributed by atoms with Gasteiger partial charge in [-0.15, -0.1) is 0 Å². The molecule has 3 rings (SSSR count). The van der Waals surface area contributed by atoms with Gasteiger partial charge in [0.25, 0.3) is 5.91 Å². The van der Waals surface area contributed by atoms with Crippen molar-refractivity contribution in [3.05, 3.63) is 71.5 Å². The zero-order valence-corrected chi connectivity index (χ0v) is 16.7. The molecule has 0 saturated heterocycles. The minimum atomic E-state index is -4.53. The summed E-state index contributed by atoms with van der Waals surface area (Å²) in [4.78, 5) is 27.3. The summed E-state index contributed by atoms with van der Waals surface area (Å²) >= 11 is 0. The quantitative estimate of drug-likeness (QED) is 0.785. The fraction of sp³-hybridized carbons (Fsp3) is 0.273. The Morgan fingerprint density at radius 3 is 2.37 bits per heavy atom. The molecule has 0 unspecified atom stereocenters. The molecular weight excluding hydrogens is 397 g/mol. The molecule has 0 saturated carbocycles. The van der Waals surface area contributed by atoms with E-state index in [4.69, 9.17) is 4.74 Å². The van der Waals surface area contributed by atoms with Crippen LogP contribution in [0.1, 0.15) is 31.9 Å². The normalized spacial score (nSPS) is 15.1. The molecule has 0 spiro atoms. The SMILES string of the molecule is CC1=C(c2ccccc2)C(=O)N(C(C)(C)C(=O)Nc2cccc(C(F)(F)F)c2)CO1. The minimum Gasteiger partial charge on any atom is -0.477 e. The van der Waals surface area contributed by atoms with Gasteiger partial charge in [0.05, 0.1) is 11.1 Å². The molecule has 0 bridgehead atoms. The molecule has 0 aromatic heterocycles. The standard InChI is InChI=1S/C22H21F3N2O3/c1-14-18(15-8-5-4-6-9-15)19(28)27(13-30-14)21(2,3)20(29)26-17-11-7-10-16(12-17)22(23,24)25/h4-12H,13H2,1-3H3,(H,26,29). The highest BCUT2D eigenvalue weighted by molar-refractivity contribution is 6.21. The number of allylic oxidation sites excluding steroid dienone is 1. The van der Waals surface area contributed by atoms with Crippen LogP contribution in [0.15, 0.2) is 60.4 Å². The molecule has 1 N–H and O–H groups in total. The summed E-state index contributed by atoms with van der Waals surface area (Å²) < 4.78 is 44.4. The number of nitrogens with zero attached hydrogens (tertiary/aromatic N) is 1. The predicted octanol–water partition coefficient (Wildman–Crippen LogP) is 4.67. The van der Waals surface area contributed by atoms with E-state index in [1.54, 1.807) is 31.2 Å². The van der Waals surface area contributed by atoms with Crippen LogP contribution in [0.4, 0.5) is 18.9 Å². The molecule has 0 radical (unpaired) electrons. The third kappa shape index (κ3) is 4.17. The van der Waals surface area contributed by atoms with Gasteiger partial charge >= 0.3 is 6.18 Å². The van der Waals surface area contributed by atoms with E-state index in [0.29, 0.717) is 16.9 Å². The van der Waals surface area contributed by atoms with Crippen molar-refractivity contribution in [3.8, 4) is 0 Å². The summed E-state index contributed by atoms with van der Waals surface area (Å²) in [5.41, 5.74) is -1.28. The minimum absolute atomic E-state index is 0.0108. The molecule has 1 heterocycles. The second-order valence-corrected chi connectivity index (χ2v) is 7.40. The summed E-state index contributed by atoms with van der Waals surface area (Å²) in [7, 11) is 0. The highest BCUT2D eigenvalue weighted by atomic mass is 19.4. The Bertz CT molecular complexity index is 998. The monoisotopic (exact) mass is 418 g/mol. The molecule has 0 aliphatic carbocycles. The number of amides is 2. The molecule has 0 fully saturated rings. The van der Waals surface area contributed by atoms with Crippen LogP contribution in [0.2, 0.25) is 0 Å². The van der Waals surface area contributed by atoms with Crippen LogP contribution in [0.25, 0.3) is 5.57 Å². The molecule has 1 aliphatic rings. The summed E-state index contributed by atoms with van der Waals surface area (Å²) in [5, 5.41) is 2.47. The number of carbonyl (C=O) groups excluding carboxylic acids is 2. The third-order valence-electron chi connectivity index (χ3n) is 4.96. The van der Waals surface area contributed by atoms with Crippen LogP contribution >= 0.6 is 0 Å². The van der Waals surface area contributed by atoms with Crippen molar-refractivity contribution in [1.82, 2.24) is 4.90 Å². The average molecular weight is 418 g/mol. The van der Waals surface area contributed by atoms with Crippen molar-refractivity contribution in [2.45, 2.75) is 32.5 Å². The number of hydrogen-bond donors (Lipinski definition) is 1. The molecule has 5 nitrogen and oxygen atoms in total. The maximum Gasteiger partial charge on any atom is 0.416 e. The number of hydrogen-bond acceptors (Lipinski definition) is 3. The lowest BCUT2D eigenvalue weighted by Gasteiger charge is -2.40.